The van der Waals surface area contributed by atoms with Gasteiger partial charge in [-0.1, -0.05) is 84.0 Å². The fraction of sp³-hybridized carbons (Fsp3) is 0.160. The zero-order chi connectivity index (χ0) is 22.0. The SMILES string of the molecule is CC(C)c1ccccc1-n1c(SCC(=O)c2cccc(Br)c2)nc2ccccc2c1=O. The first-order chi connectivity index (χ1) is 15.0. The molecule has 4 rings (SSSR count). The number of carbonyl (C=O) groups is 1. The smallest absolute Gasteiger partial charge is 0.266 e. The second kappa shape index (κ2) is 9.20. The number of fused-ring (bicyclic) bond motifs is 1. The monoisotopic (exact) mass is 492 g/mol. The van der Waals surface area contributed by atoms with E-state index in [2.05, 4.69) is 29.8 Å². The summed E-state index contributed by atoms with van der Waals surface area (Å²) in [7, 11) is 0. The minimum atomic E-state index is -0.129. The zero-order valence-corrected chi connectivity index (χ0v) is 19.6. The second-order valence-corrected chi connectivity index (χ2v) is 9.35. The van der Waals surface area contributed by atoms with Crippen LogP contribution in [0.1, 0.15) is 35.7 Å². The third-order valence-electron chi connectivity index (χ3n) is 5.02. The average molecular weight is 493 g/mol. The van der Waals surface area contributed by atoms with Gasteiger partial charge in [0.05, 0.1) is 22.3 Å². The molecule has 0 saturated heterocycles. The van der Waals surface area contributed by atoms with Crippen LogP contribution in [0.5, 0.6) is 0 Å². The number of carbonyl (C=O) groups excluding carboxylic acids is 1. The molecular weight excluding hydrogens is 472 g/mol. The van der Waals surface area contributed by atoms with Crippen LogP contribution < -0.4 is 5.56 Å². The highest BCUT2D eigenvalue weighted by Crippen LogP contribution is 2.27. The number of nitrogens with zero attached hydrogens (tertiary/aromatic N) is 2. The third-order valence-corrected chi connectivity index (χ3v) is 6.46. The van der Waals surface area contributed by atoms with Gasteiger partial charge in [0.25, 0.3) is 5.56 Å². The number of halogens is 1. The quantitative estimate of drug-likeness (QED) is 0.181. The minimum Gasteiger partial charge on any atom is -0.293 e. The zero-order valence-electron chi connectivity index (χ0n) is 17.2. The Balaban J connectivity index is 1.82. The van der Waals surface area contributed by atoms with Crippen molar-refractivity contribution >= 4 is 44.4 Å². The molecule has 6 heteroatoms. The van der Waals surface area contributed by atoms with E-state index in [0.29, 0.717) is 21.6 Å². The normalized spacial score (nSPS) is 11.2. The van der Waals surface area contributed by atoms with E-state index in [1.165, 1.54) is 11.8 Å². The summed E-state index contributed by atoms with van der Waals surface area (Å²) in [6.45, 7) is 4.20. The van der Waals surface area contributed by atoms with Crippen LogP contribution in [0.2, 0.25) is 0 Å². The molecule has 0 aliphatic rings. The van der Waals surface area contributed by atoms with E-state index in [1.807, 2.05) is 54.6 Å². The summed E-state index contributed by atoms with van der Waals surface area (Å²) in [6.07, 6.45) is 0. The highest BCUT2D eigenvalue weighted by atomic mass is 79.9. The molecule has 31 heavy (non-hydrogen) atoms. The Morgan fingerprint density at radius 3 is 2.55 bits per heavy atom. The predicted octanol–water partition coefficient (Wildman–Crippen LogP) is 6.25. The van der Waals surface area contributed by atoms with E-state index < -0.39 is 0 Å². The number of thioether (sulfide) groups is 1. The Labute approximate surface area is 193 Å². The largest absolute Gasteiger partial charge is 0.293 e. The summed E-state index contributed by atoms with van der Waals surface area (Å²) in [5, 5.41) is 1.07. The number of Topliss-reactive ketones (excluding diaryl/α,β-unsaturated/α-hetero) is 1. The van der Waals surface area contributed by atoms with Gasteiger partial charge in [0, 0.05) is 10.0 Å². The molecule has 0 atom stereocenters. The molecule has 4 aromatic rings. The van der Waals surface area contributed by atoms with E-state index >= 15 is 0 Å². The Morgan fingerprint density at radius 2 is 1.77 bits per heavy atom. The van der Waals surface area contributed by atoms with Crippen molar-refractivity contribution in [2.45, 2.75) is 24.9 Å². The van der Waals surface area contributed by atoms with Crippen LogP contribution in [0.25, 0.3) is 16.6 Å². The summed E-state index contributed by atoms with van der Waals surface area (Å²) in [5.41, 5.74) is 2.98. The van der Waals surface area contributed by atoms with Crippen molar-refractivity contribution in [1.82, 2.24) is 9.55 Å². The summed E-state index contributed by atoms with van der Waals surface area (Å²) in [4.78, 5) is 31.0. The van der Waals surface area contributed by atoms with Crippen LogP contribution in [0, 0.1) is 0 Å². The fourth-order valence-corrected chi connectivity index (χ4v) is 4.78. The molecule has 0 bridgehead atoms. The number of ketones is 1. The number of hydrogen-bond donors (Lipinski definition) is 0. The standard InChI is InChI=1S/C25H21BrN2O2S/c1-16(2)19-10-4-6-13-22(19)28-24(30)20-11-3-5-12-21(20)27-25(28)31-15-23(29)17-8-7-9-18(26)14-17/h3-14,16H,15H2,1-2H3. The van der Waals surface area contributed by atoms with Gasteiger partial charge < -0.3 is 0 Å². The molecule has 0 amide bonds. The summed E-state index contributed by atoms with van der Waals surface area (Å²) < 4.78 is 2.51. The summed E-state index contributed by atoms with van der Waals surface area (Å²) >= 11 is 4.70. The maximum Gasteiger partial charge on any atom is 0.266 e. The second-order valence-electron chi connectivity index (χ2n) is 7.49. The molecule has 0 spiro atoms. The lowest BCUT2D eigenvalue weighted by Gasteiger charge is -2.18. The van der Waals surface area contributed by atoms with Gasteiger partial charge in [-0.2, -0.15) is 0 Å². The molecule has 4 nitrogen and oxygen atoms in total. The highest BCUT2D eigenvalue weighted by molar-refractivity contribution is 9.10. The van der Waals surface area contributed by atoms with Crippen molar-refractivity contribution in [3.8, 4) is 5.69 Å². The first-order valence-corrected chi connectivity index (χ1v) is 11.8. The number of para-hydroxylation sites is 2. The molecule has 0 N–H and O–H groups in total. The predicted molar refractivity (Wildman–Crippen MR) is 131 cm³/mol. The van der Waals surface area contributed by atoms with Gasteiger partial charge in [-0.25, -0.2) is 4.98 Å². The van der Waals surface area contributed by atoms with Crippen molar-refractivity contribution in [3.05, 3.63) is 98.7 Å². The van der Waals surface area contributed by atoms with Crippen LogP contribution in [-0.4, -0.2) is 21.1 Å². The fourth-order valence-electron chi connectivity index (χ4n) is 3.48. The number of hydrogen-bond acceptors (Lipinski definition) is 4. The van der Waals surface area contributed by atoms with Crippen molar-refractivity contribution in [2.75, 3.05) is 5.75 Å². The topological polar surface area (TPSA) is 52.0 Å². The van der Waals surface area contributed by atoms with Crippen molar-refractivity contribution in [3.63, 3.8) is 0 Å². The molecule has 0 aliphatic heterocycles. The van der Waals surface area contributed by atoms with E-state index in [4.69, 9.17) is 4.98 Å². The summed E-state index contributed by atoms with van der Waals surface area (Å²) in [6, 6.07) is 22.5. The lowest BCUT2D eigenvalue weighted by Crippen LogP contribution is -2.23. The van der Waals surface area contributed by atoms with Crippen molar-refractivity contribution in [1.29, 1.82) is 0 Å². The molecule has 0 aliphatic carbocycles. The van der Waals surface area contributed by atoms with E-state index in [9.17, 15) is 9.59 Å². The third kappa shape index (κ3) is 4.50. The average Bonchev–Trinajstić information content (AvgIpc) is 2.77. The Bertz CT molecular complexity index is 1330. The first kappa shape index (κ1) is 21.5. The Hall–Kier alpha value is -2.70. The minimum absolute atomic E-state index is 0.0163. The van der Waals surface area contributed by atoms with Gasteiger partial charge >= 0.3 is 0 Å². The van der Waals surface area contributed by atoms with Gasteiger partial charge in [0.2, 0.25) is 0 Å². The molecule has 156 valence electrons. The Morgan fingerprint density at radius 1 is 1.03 bits per heavy atom. The van der Waals surface area contributed by atoms with Crippen LogP contribution in [0.15, 0.2) is 87.2 Å². The molecule has 0 unspecified atom stereocenters. The molecular formula is C25H21BrN2O2S. The van der Waals surface area contributed by atoms with E-state index in [-0.39, 0.29) is 23.0 Å². The van der Waals surface area contributed by atoms with Gasteiger partial charge in [0.15, 0.2) is 10.9 Å². The van der Waals surface area contributed by atoms with Gasteiger partial charge in [-0.15, -0.1) is 0 Å². The molecule has 0 saturated carbocycles. The van der Waals surface area contributed by atoms with Gasteiger partial charge in [0.1, 0.15) is 0 Å². The number of aromatic nitrogens is 2. The van der Waals surface area contributed by atoms with Crippen molar-refractivity contribution < 1.29 is 4.79 Å². The van der Waals surface area contributed by atoms with Crippen LogP contribution in [0.3, 0.4) is 0 Å². The Kier molecular flexibility index (Phi) is 6.39. The van der Waals surface area contributed by atoms with E-state index in [1.54, 1.807) is 22.8 Å². The van der Waals surface area contributed by atoms with E-state index in [0.717, 1.165) is 15.7 Å². The highest BCUT2D eigenvalue weighted by Gasteiger charge is 2.18. The van der Waals surface area contributed by atoms with Gasteiger partial charge in [-0.05, 0) is 41.8 Å². The van der Waals surface area contributed by atoms with Crippen molar-refractivity contribution in [2.24, 2.45) is 0 Å². The molecule has 1 heterocycles. The lowest BCUT2D eigenvalue weighted by atomic mass is 10.0. The summed E-state index contributed by atoms with van der Waals surface area (Å²) in [5.74, 6) is 0.401. The van der Waals surface area contributed by atoms with Crippen LogP contribution >= 0.6 is 27.7 Å². The number of rotatable bonds is 6. The number of benzene rings is 3. The van der Waals surface area contributed by atoms with Crippen LogP contribution in [-0.2, 0) is 0 Å². The molecule has 1 aromatic heterocycles. The van der Waals surface area contributed by atoms with Gasteiger partial charge in [-0.3, -0.25) is 14.2 Å². The molecule has 3 aromatic carbocycles. The molecule has 0 fully saturated rings. The molecule has 0 radical (unpaired) electrons. The van der Waals surface area contributed by atoms with Crippen LogP contribution in [0.4, 0.5) is 0 Å². The first-order valence-electron chi connectivity index (χ1n) is 9.98. The lowest BCUT2D eigenvalue weighted by molar-refractivity contribution is 0.102. The maximum atomic E-state index is 13.5. The maximum absolute atomic E-state index is 13.5.